The standard InChI is InChI=1S/C19H30N4O3S2/c1-14-20-21-18(28-14)27-12-17(25)22-6-4-19(5-7-22)10-16(24)11-23(13-19)15-2-8-26-9-3-15/h15-16,24H,2-13H2,1H3. The number of hydrogen-bond donors (Lipinski definition) is 1. The quantitative estimate of drug-likeness (QED) is 0.736. The Balaban J connectivity index is 1.29. The van der Waals surface area contributed by atoms with Gasteiger partial charge < -0.3 is 14.7 Å². The van der Waals surface area contributed by atoms with E-state index in [2.05, 4.69) is 15.1 Å². The van der Waals surface area contributed by atoms with Gasteiger partial charge in [0, 0.05) is 45.4 Å². The van der Waals surface area contributed by atoms with E-state index in [4.69, 9.17) is 4.74 Å². The molecule has 0 aliphatic carbocycles. The van der Waals surface area contributed by atoms with E-state index in [1.54, 1.807) is 0 Å². The smallest absolute Gasteiger partial charge is 0.233 e. The van der Waals surface area contributed by atoms with Gasteiger partial charge >= 0.3 is 0 Å². The average Bonchev–Trinajstić information content (AvgIpc) is 3.12. The molecule has 1 N–H and O–H groups in total. The number of β-amino-alcohol motifs (C(OH)–C–C–N with tert-alkyl or cyclic N) is 1. The molecule has 1 aromatic rings. The van der Waals surface area contributed by atoms with Gasteiger partial charge in [0.2, 0.25) is 5.91 Å². The van der Waals surface area contributed by atoms with Crippen molar-refractivity contribution < 1.29 is 14.6 Å². The van der Waals surface area contributed by atoms with Gasteiger partial charge in [0.1, 0.15) is 5.01 Å². The van der Waals surface area contributed by atoms with Crippen LogP contribution >= 0.6 is 23.1 Å². The molecule has 0 bridgehead atoms. The molecule has 156 valence electrons. The second kappa shape index (κ2) is 8.95. The number of rotatable bonds is 4. The predicted molar refractivity (Wildman–Crippen MR) is 110 cm³/mol. The molecule has 3 saturated heterocycles. The predicted octanol–water partition coefficient (Wildman–Crippen LogP) is 1.79. The van der Waals surface area contributed by atoms with Crippen molar-refractivity contribution in [1.82, 2.24) is 20.0 Å². The number of carbonyl (C=O) groups excluding carboxylic acids is 1. The summed E-state index contributed by atoms with van der Waals surface area (Å²) in [5.74, 6) is 0.615. The van der Waals surface area contributed by atoms with Gasteiger partial charge in [-0.1, -0.05) is 23.1 Å². The van der Waals surface area contributed by atoms with Crippen LogP contribution in [0.2, 0.25) is 0 Å². The minimum Gasteiger partial charge on any atom is -0.392 e. The first-order valence-corrected chi connectivity index (χ1v) is 12.0. The largest absolute Gasteiger partial charge is 0.392 e. The lowest BCUT2D eigenvalue weighted by Gasteiger charge is -2.51. The Morgan fingerprint density at radius 3 is 2.75 bits per heavy atom. The number of carbonyl (C=O) groups is 1. The lowest BCUT2D eigenvalue weighted by atomic mass is 9.71. The topological polar surface area (TPSA) is 78.8 Å². The summed E-state index contributed by atoms with van der Waals surface area (Å²) in [4.78, 5) is 17.1. The van der Waals surface area contributed by atoms with Crippen LogP contribution in [-0.4, -0.2) is 88.3 Å². The summed E-state index contributed by atoms with van der Waals surface area (Å²) in [7, 11) is 0. The Morgan fingerprint density at radius 2 is 2.07 bits per heavy atom. The molecule has 3 fully saturated rings. The highest BCUT2D eigenvalue weighted by Gasteiger charge is 2.43. The third-order valence-electron chi connectivity index (χ3n) is 6.36. The van der Waals surface area contributed by atoms with Crippen LogP contribution in [0.5, 0.6) is 0 Å². The Hall–Kier alpha value is -0.740. The zero-order valence-electron chi connectivity index (χ0n) is 16.5. The zero-order valence-corrected chi connectivity index (χ0v) is 18.1. The van der Waals surface area contributed by atoms with Gasteiger partial charge in [-0.15, -0.1) is 10.2 Å². The first kappa shape index (κ1) is 20.5. The van der Waals surface area contributed by atoms with Crippen molar-refractivity contribution in [2.45, 2.75) is 55.5 Å². The van der Waals surface area contributed by atoms with Gasteiger partial charge in [0.15, 0.2) is 4.34 Å². The lowest BCUT2D eigenvalue weighted by molar-refractivity contribution is -0.133. The summed E-state index contributed by atoms with van der Waals surface area (Å²) >= 11 is 3.02. The number of aliphatic hydroxyl groups excluding tert-OH is 1. The fraction of sp³-hybridized carbons (Fsp3) is 0.842. The minimum atomic E-state index is -0.255. The first-order valence-electron chi connectivity index (χ1n) is 10.2. The van der Waals surface area contributed by atoms with Crippen LogP contribution in [0.4, 0.5) is 0 Å². The van der Waals surface area contributed by atoms with Gasteiger partial charge in [0.25, 0.3) is 0 Å². The van der Waals surface area contributed by atoms with E-state index in [0.29, 0.717) is 11.8 Å². The van der Waals surface area contributed by atoms with Crippen LogP contribution < -0.4 is 0 Å². The molecule has 0 saturated carbocycles. The van der Waals surface area contributed by atoms with Gasteiger partial charge in [-0.3, -0.25) is 9.69 Å². The maximum absolute atomic E-state index is 12.6. The summed E-state index contributed by atoms with van der Waals surface area (Å²) in [6.45, 7) is 7.01. The molecule has 4 rings (SSSR count). The van der Waals surface area contributed by atoms with E-state index >= 15 is 0 Å². The molecular weight excluding hydrogens is 396 g/mol. The van der Waals surface area contributed by atoms with E-state index in [0.717, 1.165) is 80.8 Å². The van der Waals surface area contributed by atoms with E-state index < -0.39 is 0 Å². The number of amides is 1. The van der Waals surface area contributed by atoms with Gasteiger partial charge in [0.05, 0.1) is 11.9 Å². The van der Waals surface area contributed by atoms with Crippen molar-refractivity contribution in [1.29, 1.82) is 0 Å². The van der Waals surface area contributed by atoms with Crippen molar-refractivity contribution in [3.05, 3.63) is 5.01 Å². The van der Waals surface area contributed by atoms with E-state index in [-0.39, 0.29) is 17.4 Å². The number of aryl methyl sites for hydroxylation is 1. The third kappa shape index (κ3) is 4.87. The van der Waals surface area contributed by atoms with Crippen molar-refractivity contribution in [2.24, 2.45) is 5.41 Å². The molecule has 0 radical (unpaired) electrons. The summed E-state index contributed by atoms with van der Waals surface area (Å²) in [5.41, 5.74) is 0.149. The molecule has 0 aromatic carbocycles. The fourth-order valence-electron chi connectivity index (χ4n) is 4.87. The van der Waals surface area contributed by atoms with Crippen LogP contribution in [0.25, 0.3) is 0 Å². The number of hydrogen-bond acceptors (Lipinski definition) is 8. The van der Waals surface area contributed by atoms with Gasteiger partial charge in [-0.25, -0.2) is 0 Å². The van der Waals surface area contributed by atoms with Gasteiger partial charge in [-0.2, -0.15) is 0 Å². The second-order valence-electron chi connectivity index (χ2n) is 8.39. The van der Waals surface area contributed by atoms with Crippen molar-refractivity contribution in [3.63, 3.8) is 0 Å². The first-order chi connectivity index (χ1) is 13.5. The van der Waals surface area contributed by atoms with Crippen LogP contribution in [-0.2, 0) is 9.53 Å². The van der Waals surface area contributed by atoms with Crippen LogP contribution in [0.3, 0.4) is 0 Å². The number of nitrogens with zero attached hydrogens (tertiary/aromatic N) is 4. The number of aromatic nitrogens is 2. The molecule has 3 aliphatic heterocycles. The Labute approximate surface area is 174 Å². The molecule has 1 amide bonds. The van der Waals surface area contributed by atoms with E-state index in [1.807, 2.05) is 11.8 Å². The molecule has 7 nitrogen and oxygen atoms in total. The van der Waals surface area contributed by atoms with Gasteiger partial charge in [-0.05, 0) is 44.4 Å². The van der Waals surface area contributed by atoms with Crippen LogP contribution in [0.15, 0.2) is 4.34 Å². The van der Waals surface area contributed by atoms with Crippen molar-refractivity contribution in [3.8, 4) is 0 Å². The zero-order chi connectivity index (χ0) is 19.6. The lowest BCUT2D eigenvalue weighted by Crippen LogP contribution is -2.57. The highest BCUT2D eigenvalue weighted by atomic mass is 32.2. The summed E-state index contributed by atoms with van der Waals surface area (Å²) in [6.07, 6.45) is 4.71. The molecular formula is C19H30N4O3S2. The number of thioether (sulfide) groups is 1. The monoisotopic (exact) mass is 426 g/mol. The average molecular weight is 427 g/mol. The van der Waals surface area contributed by atoms with E-state index in [9.17, 15) is 9.90 Å². The summed E-state index contributed by atoms with van der Waals surface area (Å²) in [5, 5.41) is 19.6. The molecule has 28 heavy (non-hydrogen) atoms. The van der Waals surface area contributed by atoms with Crippen LogP contribution in [0.1, 0.15) is 37.1 Å². The number of aliphatic hydroxyl groups is 1. The maximum Gasteiger partial charge on any atom is 0.233 e. The Morgan fingerprint density at radius 1 is 1.32 bits per heavy atom. The Kier molecular flexibility index (Phi) is 6.56. The SMILES string of the molecule is Cc1nnc(SCC(=O)N2CCC3(CC2)CC(O)CN(C2CCOCC2)C3)s1. The molecule has 1 aromatic heterocycles. The normalized spacial score (nSPS) is 26.6. The van der Waals surface area contributed by atoms with E-state index in [1.165, 1.54) is 23.1 Å². The summed E-state index contributed by atoms with van der Waals surface area (Å²) < 4.78 is 6.37. The fourth-order valence-corrected chi connectivity index (χ4v) is 6.59. The van der Waals surface area contributed by atoms with Crippen LogP contribution in [0, 0.1) is 12.3 Å². The molecule has 3 aliphatic rings. The third-order valence-corrected chi connectivity index (χ3v) is 8.32. The number of piperidine rings is 2. The molecule has 9 heteroatoms. The molecule has 1 unspecified atom stereocenters. The molecule has 4 heterocycles. The van der Waals surface area contributed by atoms with Crippen molar-refractivity contribution >= 4 is 29.0 Å². The number of ether oxygens (including phenoxy) is 1. The highest BCUT2D eigenvalue weighted by Crippen LogP contribution is 2.41. The number of likely N-dealkylation sites (tertiary alicyclic amines) is 2. The second-order valence-corrected chi connectivity index (χ2v) is 10.8. The van der Waals surface area contributed by atoms with Crippen molar-refractivity contribution in [2.75, 3.05) is 45.1 Å². The highest BCUT2D eigenvalue weighted by molar-refractivity contribution is 8.01. The molecule has 1 atom stereocenters. The molecule has 1 spiro atoms. The minimum absolute atomic E-state index is 0.149. The Bertz CT molecular complexity index is 672. The maximum atomic E-state index is 12.6. The summed E-state index contributed by atoms with van der Waals surface area (Å²) in [6, 6.07) is 0.534.